The fourth-order valence-electron chi connectivity index (χ4n) is 5.37. The van der Waals surface area contributed by atoms with Crippen LogP contribution in [0.1, 0.15) is 51.3 Å². The molecule has 1 aliphatic heterocycles. The molecule has 0 spiro atoms. The first-order chi connectivity index (χ1) is 23.0. The van der Waals surface area contributed by atoms with Crippen molar-refractivity contribution in [1.29, 1.82) is 0 Å². The molecule has 3 aromatic carbocycles. The minimum Gasteiger partial charge on any atom is -0.461 e. The lowest BCUT2D eigenvalue weighted by Crippen LogP contribution is -2.45. The minimum absolute atomic E-state index is 0.0591. The van der Waals surface area contributed by atoms with E-state index < -0.39 is 17.9 Å². The maximum atomic E-state index is 13.8. The van der Waals surface area contributed by atoms with Crippen molar-refractivity contribution in [2.45, 2.75) is 38.6 Å². The van der Waals surface area contributed by atoms with Crippen LogP contribution in [0, 0.1) is 6.92 Å². The van der Waals surface area contributed by atoms with E-state index in [9.17, 15) is 19.2 Å². The summed E-state index contributed by atoms with van der Waals surface area (Å²) >= 11 is 12.1. The molecule has 250 valence electrons. The predicted molar refractivity (Wildman–Crippen MR) is 186 cm³/mol. The molecule has 1 saturated heterocycles. The van der Waals surface area contributed by atoms with Gasteiger partial charge in [-0.1, -0.05) is 29.3 Å². The maximum absolute atomic E-state index is 13.8. The van der Waals surface area contributed by atoms with E-state index in [0.717, 1.165) is 16.7 Å². The highest BCUT2D eigenvalue weighted by atomic mass is 35.5. The van der Waals surface area contributed by atoms with Crippen LogP contribution in [-0.2, 0) is 16.0 Å². The van der Waals surface area contributed by atoms with Crippen LogP contribution >= 0.6 is 23.2 Å². The van der Waals surface area contributed by atoms with Gasteiger partial charge in [-0.3, -0.25) is 24.5 Å². The highest BCUT2D eigenvalue weighted by Crippen LogP contribution is 2.24. The minimum atomic E-state index is -0.846. The van der Waals surface area contributed by atoms with Crippen LogP contribution in [-0.4, -0.2) is 72.1 Å². The zero-order chi connectivity index (χ0) is 34.4. The first-order valence-corrected chi connectivity index (χ1v) is 16.3. The molecule has 0 saturated carbocycles. The number of halogens is 2. The van der Waals surface area contributed by atoms with Crippen molar-refractivity contribution in [3.63, 3.8) is 0 Å². The number of guanidine groups is 1. The maximum Gasteiger partial charge on any atom is 0.257 e. The summed E-state index contributed by atoms with van der Waals surface area (Å²) in [5, 5.41) is 7.70. The number of likely N-dealkylation sites (N-methyl/N-ethyl adjacent to an activating group) is 1. The Hall–Kier alpha value is -4.87. The number of furan rings is 1. The van der Waals surface area contributed by atoms with Crippen molar-refractivity contribution in [1.82, 2.24) is 15.1 Å². The van der Waals surface area contributed by atoms with E-state index in [1.165, 1.54) is 29.2 Å². The highest BCUT2D eigenvalue weighted by Gasteiger charge is 2.29. The molecule has 1 aliphatic rings. The van der Waals surface area contributed by atoms with Crippen LogP contribution in [0.25, 0.3) is 11.0 Å². The van der Waals surface area contributed by atoms with Gasteiger partial charge in [0, 0.05) is 42.3 Å². The van der Waals surface area contributed by atoms with Crippen LogP contribution in [0.4, 0.5) is 5.69 Å². The van der Waals surface area contributed by atoms with Gasteiger partial charge in [0.05, 0.1) is 16.6 Å². The molecule has 4 N–H and O–H groups in total. The van der Waals surface area contributed by atoms with E-state index in [0.29, 0.717) is 60.1 Å². The fraction of sp³-hybridized carbons (Fsp3) is 0.286. The summed E-state index contributed by atoms with van der Waals surface area (Å²) in [4.78, 5) is 59.6. The third-order valence-electron chi connectivity index (χ3n) is 8.07. The number of hydrogen-bond acceptors (Lipinski definition) is 6. The monoisotopic (exact) mass is 690 g/mol. The Balaban J connectivity index is 1.33. The summed E-state index contributed by atoms with van der Waals surface area (Å²) in [6.45, 7) is 2.60. The molecular weight excluding hydrogens is 655 g/mol. The second-order valence-corrected chi connectivity index (χ2v) is 12.5. The second kappa shape index (κ2) is 15.4. The summed E-state index contributed by atoms with van der Waals surface area (Å²) < 4.78 is 5.68. The van der Waals surface area contributed by atoms with Crippen molar-refractivity contribution < 1.29 is 23.6 Å². The number of likely N-dealkylation sites (tertiary alicyclic amines) is 1. The van der Waals surface area contributed by atoms with Gasteiger partial charge in [0.1, 0.15) is 17.4 Å². The number of hydrogen-bond donors (Lipinski definition) is 3. The van der Waals surface area contributed by atoms with E-state index in [-0.39, 0.29) is 35.4 Å². The number of carbonyl (C=O) groups is 4. The number of anilines is 1. The molecule has 11 nitrogen and oxygen atoms in total. The lowest BCUT2D eigenvalue weighted by molar-refractivity contribution is -0.140. The molecular formula is C35H36Cl2N6O5. The highest BCUT2D eigenvalue weighted by molar-refractivity contribution is 6.42. The van der Waals surface area contributed by atoms with E-state index in [1.807, 2.05) is 25.1 Å². The van der Waals surface area contributed by atoms with Crippen LogP contribution in [0.5, 0.6) is 0 Å². The van der Waals surface area contributed by atoms with Crippen LogP contribution < -0.4 is 16.4 Å². The number of nitrogens with zero attached hydrogens (tertiary/aromatic N) is 3. The first-order valence-electron chi connectivity index (χ1n) is 15.5. The lowest BCUT2D eigenvalue weighted by atomic mass is 10.1. The Labute approximate surface area is 288 Å². The van der Waals surface area contributed by atoms with Gasteiger partial charge in [-0.25, -0.2) is 4.99 Å². The number of aliphatic imine (C=N–C) groups is 1. The van der Waals surface area contributed by atoms with E-state index in [4.69, 9.17) is 38.3 Å². The Morgan fingerprint density at radius 3 is 2.48 bits per heavy atom. The van der Waals surface area contributed by atoms with Gasteiger partial charge >= 0.3 is 0 Å². The number of rotatable bonds is 9. The quantitative estimate of drug-likeness (QED) is 0.158. The van der Waals surface area contributed by atoms with Gasteiger partial charge in [0.2, 0.25) is 23.7 Å². The van der Waals surface area contributed by atoms with Gasteiger partial charge in [-0.15, -0.1) is 0 Å². The lowest BCUT2D eigenvalue weighted by Gasteiger charge is -2.26. The molecule has 48 heavy (non-hydrogen) atoms. The molecule has 4 aromatic rings. The first kappa shape index (κ1) is 34.5. The van der Waals surface area contributed by atoms with Crippen molar-refractivity contribution in [2.75, 3.05) is 32.0 Å². The Kier molecular flexibility index (Phi) is 11.0. The van der Waals surface area contributed by atoms with Gasteiger partial charge < -0.3 is 25.3 Å². The molecule has 0 bridgehead atoms. The average molecular weight is 692 g/mol. The van der Waals surface area contributed by atoms with Gasteiger partial charge in [0.25, 0.3) is 5.91 Å². The predicted octanol–water partition coefficient (Wildman–Crippen LogP) is 5.43. The molecule has 1 atom stereocenters. The Bertz CT molecular complexity index is 1870. The molecule has 4 amide bonds. The summed E-state index contributed by atoms with van der Waals surface area (Å²) in [5.41, 5.74) is 8.13. The van der Waals surface area contributed by atoms with Crippen molar-refractivity contribution >= 4 is 69.4 Å². The molecule has 13 heteroatoms. The topological polar surface area (TPSA) is 150 Å². The molecule has 1 aromatic heterocycles. The molecule has 0 aliphatic carbocycles. The van der Waals surface area contributed by atoms with Gasteiger partial charge in [-0.2, -0.15) is 0 Å². The van der Waals surface area contributed by atoms with Crippen molar-refractivity contribution in [3.05, 3.63) is 99.2 Å². The normalized spacial score (nSPS) is 15.2. The number of fused-ring (bicyclic) bond motifs is 1. The van der Waals surface area contributed by atoms with Crippen LogP contribution in [0.3, 0.4) is 0 Å². The Morgan fingerprint density at radius 2 is 1.75 bits per heavy atom. The largest absolute Gasteiger partial charge is 0.461 e. The third kappa shape index (κ3) is 8.72. The van der Waals surface area contributed by atoms with E-state index >= 15 is 0 Å². The zero-order valence-corrected chi connectivity index (χ0v) is 28.1. The number of benzene rings is 3. The average Bonchev–Trinajstić information content (AvgIpc) is 3.35. The summed E-state index contributed by atoms with van der Waals surface area (Å²) in [5.74, 6) is -0.814. The SMILES string of the molecule is Cc1cc2cc(NC(=NC3CCCCN(CC(=O)N(C)CCc4ccc(Cl)c(Cl)c4)C3=O)NC(=O)c3ccc(C(N)=O)cc3)ccc2o1. The third-order valence-corrected chi connectivity index (χ3v) is 8.81. The van der Waals surface area contributed by atoms with Crippen LogP contribution in [0.15, 0.2) is 76.1 Å². The van der Waals surface area contributed by atoms with Crippen molar-refractivity contribution in [2.24, 2.45) is 10.7 Å². The van der Waals surface area contributed by atoms with Crippen molar-refractivity contribution in [3.8, 4) is 0 Å². The number of aryl methyl sites for hydroxylation is 1. The number of amides is 4. The molecule has 2 heterocycles. The van der Waals surface area contributed by atoms with Crippen LogP contribution in [0.2, 0.25) is 10.0 Å². The smallest absolute Gasteiger partial charge is 0.257 e. The number of primary amides is 1. The second-order valence-electron chi connectivity index (χ2n) is 11.7. The number of nitrogens with two attached hydrogens (primary N) is 1. The van der Waals surface area contributed by atoms with E-state index in [2.05, 4.69) is 10.6 Å². The fourth-order valence-corrected chi connectivity index (χ4v) is 5.69. The standard InChI is InChI=1S/C35H36Cl2N6O5/c1-21-17-25-19-26(11-13-30(25)48-21)39-35(41-33(46)24-9-7-23(8-10-24)32(38)45)40-29-5-3-4-15-43(34(29)47)20-31(44)42(2)16-14-22-6-12-27(36)28(37)18-22/h6-13,17-19,29H,3-5,14-16,20H2,1-2H3,(H2,38,45)(H2,39,40,41,46). The molecule has 1 unspecified atom stereocenters. The molecule has 5 rings (SSSR count). The summed E-state index contributed by atoms with van der Waals surface area (Å²) in [7, 11) is 1.70. The molecule has 0 radical (unpaired) electrons. The number of carbonyl (C=O) groups excluding carboxylic acids is 4. The summed E-state index contributed by atoms with van der Waals surface area (Å²) in [6.07, 6.45) is 2.42. The summed E-state index contributed by atoms with van der Waals surface area (Å²) in [6, 6.07) is 17.7. The molecule has 1 fully saturated rings. The number of nitrogens with one attached hydrogen (secondary N) is 2. The Morgan fingerprint density at radius 1 is 1.00 bits per heavy atom. The van der Waals surface area contributed by atoms with E-state index in [1.54, 1.807) is 36.2 Å². The van der Waals surface area contributed by atoms with Gasteiger partial charge in [0.15, 0.2) is 0 Å². The van der Waals surface area contributed by atoms with Gasteiger partial charge in [-0.05, 0) is 98.8 Å². The zero-order valence-electron chi connectivity index (χ0n) is 26.6.